The second-order valence-electron chi connectivity index (χ2n) is 5.24. The third-order valence-electron chi connectivity index (χ3n) is 3.84. The second kappa shape index (κ2) is 6.21. The molecule has 18 heavy (non-hydrogen) atoms. The highest BCUT2D eigenvalue weighted by Gasteiger charge is 2.22. The number of nitrogens with one attached hydrogen (secondary N) is 2. The van der Waals surface area contributed by atoms with E-state index < -0.39 is 0 Å². The van der Waals surface area contributed by atoms with Crippen LogP contribution in [-0.4, -0.2) is 26.2 Å². The van der Waals surface area contributed by atoms with Gasteiger partial charge in [0.05, 0.1) is 7.11 Å². The molecule has 1 aromatic carbocycles. The first kappa shape index (κ1) is 13.4. The van der Waals surface area contributed by atoms with E-state index in [9.17, 15) is 0 Å². The Balaban J connectivity index is 1.99. The van der Waals surface area contributed by atoms with Crippen molar-refractivity contribution in [3.05, 3.63) is 29.8 Å². The normalized spacial score (nSPS) is 25.7. The molecule has 100 valence electrons. The van der Waals surface area contributed by atoms with E-state index in [1.807, 2.05) is 6.07 Å². The molecule has 0 bridgehead atoms. The molecule has 1 fully saturated rings. The Morgan fingerprint density at radius 3 is 3.00 bits per heavy atom. The van der Waals surface area contributed by atoms with E-state index in [-0.39, 0.29) is 0 Å². The van der Waals surface area contributed by atoms with Crippen LogP contribution in [0.15, 0.2) is 24.3 Å². The fourth-order valence-corrected chi connectivity index (χ4v) is 2.59. The lowest BCUT2D eigenvalue weighted by molar-refractivity contribution is 0.278. The maximum Gasteiger partial charge on any atom is 0.119 e. The minimum Gasteiger partial charge on any atom is -0.497 e. The summed E-state index contributed by atoms with van der Waals surface area (Å²) in [7, 11) is 1.71. The quantitative estimate of drug-likeness (QED) is 0.858. The van der Waals surface area contributed by atoms with Gasteiger partial charge in [0.15, 0.2) is 0 Å². The molecule has 0 aromatic heterocycles. The molecular formula is C15H24N2O. The van der Waals surface area contributed by atoms with Gasteiger partial charge >= 0.3 is 0 Å². The molecule has 0 amide bonds. The molecule has 1 aliphatic heterocycles. The molecule has 1 aliphatic rings. The van der Waals surface area contributed by atoms with Crippen molar-refractivity contribution in [2.75, 3.05) is 20.2 Å². The van der Waals surface area contributed by atoms with E-state index >= 15 is 0 Å². The zero-order chi connectivity index (χ0) is 13.0. The van der Waals surface area contributed by atoms with Gasteiger partial charge in [-0.2, -0.15) is 0 Å². The summed E-state index contributed by atoms with van der Waals surface area (Å²) >= 11 is 0. The maximum absolute atomic E-state index is 5.28. The van der Waals surface area contributed by atoms with Crippen LogP contribution in [0.25, 0.3) is 0 Å². The van der Waals surface area contributed by atoms with Crippen LogP contribution in [0.1, 0.15) is 31.9 Å². The molecule has 3 heteroatoms. The van der Waals surface area contributed by atoms with Crippen molar-refractivity contribution in [3.8, 4) is 5.75 Å². The minimum absolute atomic E-state index is 0.366. The summed E-state index contributed by atoms with van der Waals surface area (Å²) in [5.74, 6) is 1.62. The second-order valence-corrected chi connectivity index (χ2v) is 5.24. The zero-order valence-electron chi connectivity index (χ0n) is 11.6. The molecule has 0 aliphatic carbocycles. The van der Waals surface area contributed by atoms with Gasteiger partial charge in [0.25, 0.3) is 0 Å². The van der Waals surface area contributed by atoms with Gasteiger partial charge in [0, 0.05) is 12.1 Å². The Hall–Kier alpha value is -1.06. The number of hydrogen-bond acceptors (Lipinski definition) is 3. The lowest BCUT2D eigenvalue weighted by Gasteiger charge is -2.33. The smallest absolute Gasteiger partial charge is 0.119 e. The highest BCUT2D eigenvalue weighted by atomic mass is 16.5. The summed E-state index contributed by atoms with van der Waals surface area (Å²) in [6.07, 6.45) is 1.20. The highest BCUT2D eigenvalue weighted by molar-refractivity contribution is 5.30. The molecule has 3 unspecified atom stereocenters. The van der Waals surface area contributed by atoms with Crippen LogP contribution in [0.4, 0.5) is 0 Å². The van der Waals surface area contributed by atoms with Crippen LogP contribution >= 0.6 is 0 Å². The number of rotatable bonds is 4. The lowest BCUT2D eigenvalue weighted by Crippen LogP contribution is -2.47. The molecule has 2 rings (SSSR count). The van der Waals surface area contributed by atoms with Crippen molar-refractivity contribution in [2.24, 2.45) is 5.92 Å². The lowest BCUT2D eigenvalue weighted by atomic mass is 9.94. The Morgan fingerprint density at radius 1 is 1.44 bits per heavy atom. The summed E-state index contributed by atoms with van der Waals surface area (Å²) in [6, 6.07) is 9.29. The predicted molar refractivity (Wildman–Crippen MR) is 75.0 cm³/mol. The van der Waals surface area contributed by atoms with E-state index in [0.717, 1.165) is 18.8 Å². The van der Waals surface area contributed by atoms with Crippen molar-refractivity contribution < 1.29 is 4.74 Å². The molecule has 3 atom stereocenters. The van der Waals surface area contributed by atoms with Crippen LogP contribution in [0.3, 0.4) is 0 Å². The van der Waals surface area contributed by atoms with Crippen LogP contribution in [0.2, 0.25) is 0 Å². The third kappa shape index (κ3) is 3.24. The Kier molecular flexibility index (Phi) is 4.61. The van der Waals surface area contributed by atoms with Gasteiger partial charge < -0.3 is 15.4 Å². The molecule has 1 saturated heterocycles. The van der Waals surface area contributed by atoms with Crippen molar-refractivity contribution >= 4 is 0 Å². The monoisotopic (exact) mass is 248 g/mol. The molecule has 0 spiro atoms. The molecule has 1 heterocycles. The first-order valence-corrected chi connectivity index (χ1v) is 6.81. The summed E-state index contributed by atoms with van der Waals surface area (Å²) < 4.78 is 5.28. The van der Waals surface area contributed by atoms with Gasteiger partial charge in [0.2, 0.25) is 0 Å². The van der Waals surface area contributed by atoms with Gasteiger partial charge in [-0.15, -0.1) is 0 Å². The number of benzene rings is 1. The zero-order valence-corrected chi connectivity index (χ0v) is 11.6. The Bertz CT molecular complexity index is 381. The Labute approximate surface area is 110 Å². The standard InChI is InChI=1S/C15H24N2O/c1-11-10-16-8-7-15(11)17-12(2)13-5-4-6-14(9-13)18-3/h4-6,9,11-12,15-17H,7-8,10H2,1-3H3. The van der Waals surface area contributed by atoms with Crippen molar-refractivity contribution in [1.29, 1.82) is 0 Å². The molecule has 3 nitrogen and oxygen atoms in total. The summed E-state index contributed by atoms with van der Waals surface area (Å²) in [5.41, 5.74) is 1.29. The third-order valence-corrected chi connectivity index (χ3v) is 3.84. The SMILES string of the molecule is COc1cccc(C(C)NC2CCNCC2C)c1. The topological polar surface area (TPSA) is 33.3 Å². The van der Waals surface area contributed by atoms with E-state index in [2.05, 4.69) is 42.7 Å². The Morgan fingerprint density at radius 2 is 2.28 bits per heavy atom. The summed E-state index contributed by atoms with van der Waals surface area (Å²) in [4.78, 5) is 0. The number of methoxy groups -OCH3 is 1. The number of piperidine rings is 1. The van der Waals surface area contributed by atoms with Crippen molar-refractivity contribution in [3.63, 3.8) is 0 Å². The van der Waals surface area contributed by atoms with Gasteiger partial charge in [-0.1, -0.05) is 19.1 Å². The van der Waals surface area contributed by atoms with E-state index in [0.29, 0.717) is 18.0 Å². The van der Waals surface area contributed by atoms with Crippen molar-refractivity contribution in [2.45, 2.75) is 32.4 Å². The van der Waals surface area contributed by atoms with Gasteiger partial charge in [0.1, 0.15) is 5.75 Å². The molecule has 0 radical (unpaired) electrons. The summed E-state index contributed by atoms with van der Waals surface area (Å²) in [5, 5.41) is 7.18. The molecule has 1 aromatic rings. The van der Waals surface area contributed by atoms with E-state index in [1.165, 1.54) is 12.0 Å². The van der Waals surface area contributed by atoms with Gasteiger partial charge in [-0.3, -0.25) is 0 Å². The fraction of sp³-hybridized carbons (Fsp3) is 0.600. The van der Waals surface area contributed by atoms with Gasteiger partial charge in [-0.25, -0.2) is 0 Å². The van der Waals surface area contributed by atoms with Crippen molar-refractivity contribution in [1.82, 2.24) is 10.6 Å². The van der Waals surface area contributed by atoms with Gasteiger partial charge in [-0.05, 0) is 50.0 Å². The average molecular weight is 248 g/mol. The molecule has 2 N–H and O–H groups in total. The minimum atomic E-state index is 0.366. The van der Waals surface area contributed by atoms with E-state index in [1.54, 1.807) is 7.11 Å². The first-order chi connectivity index (χ1) is 8.70. The molecular weight excluding hydrogens is 224 g/mol. The number of ether oxygens (including phenoxy) is 1. The van der Waals surface area contributed by atoms with Crippen LogP contribution in [0, 0.1) is 5.92 Å². The first-order valence-electron chi connectivity index (χ1n) is 6.81. The highest BCUT2D eigenvalue weighted by Crippen LogP contribution is 2.21. The summed E-state index contributed by atoms with van der Waals surface area (Å²) in [6.45, 7) is 6.76. The fourth-order valence-electron chi connectivity index (χ4n) is 2.59. The average Bonchev–Trinajstić information content (AvgIpc) is 2.41. The van der Waals surface area contributed by atoms with E-state index in [4.69, 9.17) is 4.74 Å². The van der Waals surface area contributed by atoms with Crippen LogP contribution < -0.4 is 15.4 Å². The predicted octanol–water partition coefficient (Wildman–Crippen LogP) is 2.34. The largest absolute Gasteiger partial charge is 0.497 e. The van der Waals surface area contributed by atoms with Crippen LogP contribution in [-0.2, 0) is 0 Å². The number of hydrogen-bond donors (Lipinski definition) is 2. The maximum atomic E-state index is 5.28. The molecule has 0 saturated carbocycles. The van der Waals surface area contributed by atoms with Crippen LogP contribution in [0.5, 0.6) is 5.75 Å².